The van der Waals surface area contributed by atoms with Gasteiger partial charge >= 0.3 is 0 Å². The van der Waals surface area contributed by atoms with Crippen LogP contribution in [0, 0.1) is 6.92 Å². The summed E-state index contributed by atoms with van der Waals surface area (Å²) in [5, 5.41) is 0.452. The second-order valence-electron chi connectivity index (χ2n) is 8.78. The van der Waals surface area contributed by atoms with Gasteiger partial charge in [0.1, 0.15) is 12.2 Å². The van der Waals surface area contributed by atoms with Crippen LogP contribution in [0.2, 0.25) is 0 Å². The topological polar surface area (TPSA) is 69.0 Å². The molecule has 0 fully saturated rings. The van der Waals surface area contributed by atoms with E-state index in [0.717, 1.165) is 17.5 Å². The first kappa shape index (κ1) is 23.4. The van der Waals surface area contributed by atoms with Crippen LogP contribution in [-0.4, -0.2) is 19.6 Å². The maximum Gasteiger partial charge on any atom is 0.295 e. The molecule has 182 valence electrons. The monoisotopic (exact) mass is 481 g/mol. The summed E-state index contributed by atoms with van der Waals surface area (Å²) in [6.45, 7) is 8.01. The fourth-order valence-corrected chi connectivity index (χ4v) is 4.68. The number of hydrogen-bond donors (Lipinski definition) is 0. The Kier molecular flexibility index (Phi) is 6.10. The number of anilines is 1. The third kappa shape index (κ3) is 3.85. The van der Waals surface area contributed by atoms with Gasteiger partial charge in [0.2, 0.25) is 5.76 Å². The average Bonchev–Trinajstić information content (AvgIpc) is 3.20. The average molecular weight is 482 g/mol. The van der Waals surface area contributed by atoms with Gasteiger partial charge in [0, 0.05) is 5.69 Å². The summed E-state index contributed by atoms with van der Waals surface area (Å²) in [4.78, 5) is 29.2. The van der Waals surface area contributed by atoms with Gasteiger partial charge in [-0.15, -0.1) is 0 Å². The molecule has 0 saturated heterocycles. The minimum atomic E-state index is -0.691. The zero-order chi connectivity index (χ0) is 25.4. The van der Waals surface area contributed by atoms with Crippen molar-refractivity contribution in [2.24, 2.45) is 0 Å². The third-order valence-electron chi connectivity index (χ3n) is 6.51. The Hall–Kier alpha value is -4.32. The molecule has 0 radical (unpaired) electrons. The minimum Gasteiger partial charge on any atom is -0.493 e. The van der Waals surface area contributed by atoms with Crippen LogP contribution in [0.4, 0.5) is 5.69 Å². The van der Waals surface area contributed by atoms with Gasteiger partial charge in [-0.1, -0.05) is 49.4 Å². The molecule has 1 aliphatic rings. The molecule has 0 saturated carbocycles. The molecule has 4 aromatic rings. The first-order valence-corrected chi connectivity index (χ1v) is 11.9. The number of carbonyl (C=O) groups excluding carboxylic acids is 1. The Morgan fingerprint density at radius 1 is 1.03 bits per heavy atom. The molecule has 0 N–H and O–H groups in total. The summed E-state index contributed by atoms with van der Waals surface area (Å²) >= 11 is 0. The molecule has 2 heterocycles. The lowest BCUT2D eigenvalue weighted by Crippen LogP contribution is -2.29. The van der Waals surface area contributed by atoms with Crippen molar-refractivity contribution in [1.29, 1.82) is 0 Å². The number of benzene rings is 3. The smallest absolute Gasteiger partial charge is 0.295 e. The van der Waals surface area contributed by atoms with Crippen molar-refractivity contribution in [3.63, 3.8) is 0 Å². The highest BCUT2D eigenvalue weighted by atomic mass is 16.5. The van der Waals surface area contributed by atoms with Crippen molar-refractivity contribution in [1.82, 2.24) is 0 Å². The Bertz CT molecular complexity index is 1530. The predicted molar refractivity (Wildman–Crippen MR) is 140 cm³/mol. The fourth-order valence-electron chi connectivity index (χ4n) is 4.68. The molecule has 0 spiro atoms. The molecular formula is C30H27NO5. The second-order valence-corrected chi connectivity index (χ2v) is 8.78. The molecule has 1 aromatic heterocycles. The maximum atomic E-state index is 13.8. The summed E-state index contributed by atoms with van der Waals surface area (Å²) in [6, 6.07) is 17.9. The Morgan fingerprint density at radius 3 is 2.50 bits per heavy atom. The van der Waals surface area contributed by atoms with Gasteiger partial charge in [-0.25, -0.2) is 0 Å². The first-order valence-electron chi connectivity index (χ1n) is 11.9. The number of methoxy groups -OCH3 is 1. The van der Waals surface area contributed by atoms with Crippen molar-refractivity contribution < 1.29 is 18.7 Å². The van der Waals surface area contributed by atoms with E-state index in [1.54, 1.807) is 42.4 Å². The van der Waals surface area contributed by atoms with Gasteiger partial charge in [-0.3, -0.25) is 14.5 Å². The van der Waals surface area contributed by atoms with E-state index < -0.39 is 6.04 Å². The molecular weight excluding hydrogens is 454 g/mol. The zero-order valence-corrected chi connectivity index (χ0v) is 20.5. The van der Waals surface area contributed by atoms with Crippen LogP contribution >= 0.6 is 0 Å². The Balaban J connectivity index is 1.75. The van der Waals surface area contributed by atoms with Gasteiger partial charge in [-0.05, 0) is 60.9 Å². The predicted octanol–water partition coefficient (Wildman–Crippen LogP) is 5.99. The summed E-state index contributed by atoms with van der Waals surface area (Å²) < 4.78 is 17.4. The normalized spacial score (nSPS) is 14.7. The van der Waals surface area contributed by atoms with Crippen LogP contribution in [-0.2, 0) is 6.42 Å². The van der Waals surface area contributed by atoms with Gasteiger partial charge < -0.3 is 13.9 Å². The number of rotatable bonds is 7. The van der Waals surface area contributed by atoms with Crippen LogP contribution in [0.25, 0.3) is 11.0 Å². The molecule has 0 aliphatic carbocycles. The molecule has 5 rings (SSSR count). The molecule has 1 unspecified atom stereocenters. The first-order chi connectivity index (χ1) is 17.5. The highest BCUT2D eigenvalue weighted by molar-refractivity contribution is 6.10. The number of carbonyl (C=O) groups is 1. The van der Waals surface area contributed by atoms with Crippen LogP contribution in [0.5, 0.6) is 11.5 Å². The summed E-state index contributed by atoms with van der Waals surface area (Å²) in [5.74, 6) is 0.750. The highest BCUT2D eigenvalue weighted by Gasteiger charge is 2.44. The molecule has 1 aliphatic heterocycles. The molecule has 36 heavy (non-hydrogen) atoms. The van der Waals surface area contributed by atoms with Gasteiger partial charge in [0.15, 0.2) is 16.9 Å². The van der Waals surface area contributed by atoms with Crippen molar-refractivity contribution >= 4 is 22.6 Å². The maximum absolute atomic E-state index is 13.8. The summed E-state index contributed by atoms with van der Waals surface area (Å²) in [5.41, 5.74) is 3.98. The molecule has 0 bridgehead atoms. The van der Waals surface area contributed by atoms with E-state index in [1.165, 1.54) is 0 Å². The van der Waals surface area contributed by atoms with Crippen molar-refractivity contribution in [3.05, 3.63) is 112 Å². The van der Waals surface area contributed by atoms with Crippen LogP contribution in [0.3, 0.4) is 0 Å². The number of ether oxygens (including phenoxy) is 2. The van der Waals surface area contributed by atoms with Gasteiger partial charge in [-0.2, -0.15) is 0 Å². The number of aryl methyl sites for hydroxylation is 2. The van der Waals surface area contributed by atoms with Gasteiger partial charge in [0.25, 0.3) is 5.91 Å². The van der Waals surface area contributed by atoms with E-state index in [2.05, 4.69) is 13.5 Å². The third-order valence-corrected chi connectivity index (χ3v) is 6.51. The van der Waals surface area contributed by atoms with Crippen LogP contribution < -0.4 is 19.8 Å². The van der Waals surface area contributed by atoms with Crippen LogP contribution in [0.15, 0.2) is 82.5 Å². The highest BCUT2D eigenvalue weighted by Crippen LogP contribution is 2.43. The minimum absolute atomic E-state index is 0.0619. The standard InChI is InChI=1S/C30H27NO5/c1-5-15-35-24-14-10-20(17-25(24)34-4)27-26-28(32)22-16-18(3)7-13-23(22)36-29(26)30(33)31(27)21-11-8-19(6-2)9-12-21/h5,7-14,16-17,27H,1,6,15H2,2-4H3. The molecule has 6 heteroatoms. The Morgan fingerprint density at radius 2 is 1.81 bits per heavy atom. The van der Waals surface area contributed by atoms with E-state index in [9.17, 15) is 9.59 Å². The number of fused-ring (bicyclic) bond motifs is 2. The molecule has 1 atom stereocenters. The number of nitrogens with zero attached hydrogens (tertiary/aromatic N) is 1. The van der Waals surface area contributed by atoms with E-state index in [-0.39, 0.29) is 17.1 Å². The summed E-state index contributed by atoms with van der Waals surface area (Å²) in [7, 11) is 1.56. The van der Waals surface area contributed by atoms with Crippen molar-refractivity contribution in [2.45, 2.75) is 26.3 Å². The lowest BCUT2D eigenvalue weighted by atomic mass is 9.97. The van der Waals surface area contributed by atoms with Crippen LogP contribution in [0.1, 0.15) is 45.8 Å². The largest absolute Gasteiger partial charge is 0.493 e. The SMILES string of the molecule is C=CCOc1ccc(C2c3c(oc4ccc(C)cc4c3=O)C(=O)N2c2ccc(CC)cc2)cc1OC. The number of hydrogen-bond acceptors (Lipinski definition) is 5. The quantitative estimate of drug-likeness (QED) is 0.304. The lowest BCUT2D eigenvalue weighted by molar-refractivity contribution is 0.0971. The number of amides is 1. The Labute approximate surface area is 209 Å². The molecule has 6 nitrogen and oxygen atoms in total. The van der Waals surface area contributed by atoms with Gasteiger partial charge in [0.05, 0.1) is 24.1 Å². The molecule has 3 aromatic carbocycles. The zero-order valence-electron chi connectivity index (χ0n) is 20.5. The van der Waals surface area contributed by atoms with E-state index >= 15 is 0 Å². The summed E-state index contributed by atoms with van der Waals surface area (Å²) in [6.07, 6.45) is 2.53. The second kappa shape index (κ2) is 9.38. The van der Waals surface area contributed by atoms with E-state index in [0.29, 0.717) is 45.9 Å². The lowest BCUT2D eigenvalue weighted by Gasteiger charge is -2.26. The van der Waals surface area contributed by atoms with E-state index in [4.69, 9.17) is 13.9 Å². The van der Waals surface area contributed by atoms with Crippen molar-refractivity contribution in [2.75, 3.05) is 18.6 Å². The van der Waals surface area contributed by atoms with Crippen molar-refractivity contribution in [3.8, 4) is 11.5 Å². The fraction of sp³-hybridized carbons (Fsp3) is 0.200. The van der Waals surface area contributed by atoms with E-state index in [1.807, 2.05) is 43.3 Å². The molecule has 1 amide bonds.